The lowest BCUT2D eigenvalue weighted by atomic mass is 10.2. The molecule has 2 aromatic heterocycles. The van der Waals surface area contributed by atoms with Gasteiger partial charge in [0.1, 0.15) is 11.6 Å². The van der Waals surface area contributed by atoms with Gasteiger partial charge in [-0.1, -0.05) is 6.07 Å². The van der Waals surface area contributed by atoms with Gasteiger partial charge in [-0.3, -0.25) is 9.89 Å². The molecule has 0 saturated carbocycles. The topological polar surface area (TPSA) is 71.9 Å². The summed E-state index contributed by atoms with van der Waals surface area (Å²) < 4.78 is 20.8. The number of amides is 1. The zero-order valence-corrected chi connectivity index (χ0v) is 15.5. The third kappa shape index (κ3) is 3.22. The van der Waals surface area contributed by atoms with Crippen LogP contribution in [0.3, 0.4) is 0 Å². The van der Waals surface area contributed by atoms with E-state index < -0.39 is 11.7 Å². The summed E-state index contributed by atoms with van der Waals surface area (Å²) in [7, 11) is 1.64. The van der Waals surface area contributed by atoms with Crippen LogP contribution in [0.2, 0.25) is 0 Å². The predicted molar refractivity (Wildman–Crippen MR) is 106 cm³/mol. The number of methoxy groups -OCH3 is 1. The molecule has 142 valence electrons. The van der Waals surface area contributed by atoms with Crippen LogP contribution in [-0.4, -0.2) is 27.8 Å². The molecule has 6 nitrogen and oxygen atoms in total. The zero-order valence-electron chi connectivity index (χ0n) is 15.5. The van der Waals surface area contributed by atoms with Crippen LogP contribution in [0, 0.1) is 5.82 Å². The number of carbonyl (C=O) groups excluding carboxylic acids is 1. The second-order valence-corrected chi connectivity index (χ2v) is 6.33. The normalized spacial score (nSPS) is 11.0. The van der Waals surface area contributed by atoms with Gasteiger partial charge in [-0.05, 0) is 49.4 Å². The largest absolute Gasteiger partial charge is 0.497 e. The van der Waals surface area contributed by atoms with Crippen LogP contribution in [0.1, 0.15) is 17.3 Å². The van der Waals surface area contributed by atoms with E-state index in [1.807, 2.05) is 24.3 Å². The molecule has 0 aliphatic rings. The van der Waals surface area contributed by atoms with Gasteiger partial charge in [0.2, 0.25) is 0 Å². The summed E-state index contributed by atoms with van der Waals surface area (Å²) in [6, 6.07) is 15.3. The number of hydrogen-bond acceptors (Lipinski definition) is 3. The summed E-state index contributed by atoms with van der Waals surface area (Å²) >= 11 is 0. The Hall–Kier alpha value is -3.61. The molecule has 1 amide bonds. The van der Waals surface area contributed by atoms with Crippen LogP contribution >= 0.6 is 0 Å². The molecule has 28 heavy (non-hydrogen) atoms. The van der Waals surface area contributed by atoms with Gasteiger partial charge < -0.3 is 14.6 Å². The number of hydrogen-bond donors (Lipinski definition) is 2. The fourth-order valence-corrected chi connectivity index (χ4v) is 3.27. The Morgan fingerprint density at radius 2 is 2.07 bits per heavy atom. The van der Waals surface area contributed by atoms with Crippen molar-refractivity contribution in [2.75, 3.05) is 12.4 Å². The Morgan fingerprint density at radius 1 is 1.21 bits per heavy atom. The molecule has 0 aliphatic heterocycles. The van der Waals surface area contributed by atoms with E-state index in [0.717, 1.165) is 34.6 Å². The first-order valence-corrected chi connectivity index (χ1v) is 8.89. The molecule has 0 radical (unpaired) electrons. The van der Waals surface area contributed by atoms with Crippen LogP contribution in [0.5, 0.6) is 5.75 Å². The van der Waals surface area contributed by atoms with Crippen molar-refractivity contribution in [1.29, 1.82) is 0 Å². The molecule has 7 heteroatoms. The summed E-state index contributed by atoms with van der Waals surface area (Å²) in [6.07, 6.45) is 0. The smallest absolute Gasteiger partial charge is 0.256 e. The van der Waals surface area contributed by atoms with E-state index in [-0.39, 0.29) is 5.56 Å². The molecule has 0 atom stereocenters. The molecular weight excluding hydrogens is 359 g/mol. The van der Waals surface area contributed by atoms with Crippen molar-refractivity contribution in [2.45, 2.75) is 13.5 Å². The number of fused-ring (bicyclic) bond motifs is 1. The number of anilines is 1. The van der Waals surface area contributed by atoms with Crippen LogP contribution in [0.4, 0.5) is 10.2 Å². The number of nitrogens with zero attached hydrogens (tertiary/aromatic N) is 2. The number of aromatic amines is 1. The Morgan fingerprint density at radius 3 is 2.82 bits per heavy atom. The number of H-pyrrole nitrogens is 1. The van der Waals surface area contributed by atoms with E-state index in [0.29, 0.717) is 5.82 Å². The molecular formula is C21H19FN4O2. The van der Waals surface area contributed by atoms with Gasteiger partial charge in [0.15, 0.2) is 5.82 Å². The molecule has 0 unspecified atom stereocenters. The Labute approximate surface area is 160 Å². The van der Waals surface area contributed by atoms with Gasteiger partial charge in [-0.2, -0.15) is 5.10 Å². The van der Waals surface area contributed by atoms with Crippen molar-refractivity contribution in [2.24, 2.45) is 0 Å². The van der Waals surface area contributed by atoms with Gasteiger partial charge in [-0.25, -0.2) is 4.39 Å². The second kappa shape index (κ2) is 7.19. The van der Waals surface area contributed by atoms with Gasteiger partial charge in [0.05, 0.1) is 18.5 Å². The van der Waals surface area contributed by atoms with Gasteiger partial charge >= 0.3 is 0 Å². The average molecular weight is 378 g/mol. The lowest BCUT2D eigenvalue weighted by Gasteiger charge is -2.06. The molecule has 0 fully saturated rings. The summed E-state index contributed by atoms with van der Waals surface area (Å²) in [5, 5.41) is 10.9. The number of rotatable bonds is 5. The van der Waals surface area contributed by atoms with Gasteiger partial charge in [0, 0.05) is 29.1 Å². The fraction of sp³-hybridized carbons (Fsp3) is 0.143. The van der Waals surface area contributed by atoms with Crippen molar-refractivity contribution in [1.82, 2.24) is 14.8 Å². The number of carbonyl (C=O) groups is 1. The molecule has 4 aromatic rings. The first-order valence-electron chi connectivity index (χ1n) is 8.89. The van der Waals surface area contributed by atoms with Crippen LogP contribution in [0.15, 0.2) is 54.6 Å². The van der Waals surface area contributed by atoms with E-state index in [1.165, 1.54) is 18.2 Å². The van der Waals surface area contributed by atoms with Crippen molar-refractivity contribution < 1.29 is 13.9 Å². The number of aryl methyl sites for hydroxylation is 1. The minimum atomic E-state index is -0.460. The van der Waals surface area contributed by atoms with E-state index >= 15 is 0 Å². The maximum atomic E-state index is 13.3. The summed E-state index contributed by atoms with van der Waals surface area (Å²) in [4.78, 5) is 12.3. The number of ether oxygens (including phenoxy) is 1. The van der Waals surface area contributed by atoms with Gasteiger partial charge in [0.25, 0.3) is 5.91 Å². The third-order valence-electron chi connectivity index (χ3n) is 4.61. The Kier molecular flexibility index (Phi) is 4.57. The van der Waals surface area contributed by atoms with Crippen molar-refractivity contribution in [3.8, 4) is 17.1 Å². The molecule has 4 rings (SSSR count). The average Bonchev–Trinajstić information content (AvgIpc) is 3.31. The SMILES string of the molecule is CCn1c(-c2cc(NC(=O)c3cccc(F)c3)n[nH]2)cc2cc(OC)ccc21. The Bertz CT molecular complexity index is 1160. The van der Waals surface area contributed by atoms with E-state index in [4.69, 9.17) is 4.74 Å². The molecule has 0 aliphatic carbocycles. The van der Waals surface area contributed by atoms with Crippen molar-refractivity contribution >= 4 is 22.6 Å². The number of aromatic nitrogens is 3. The predicted octanol–water partition coefficient (Wildman–Crippen LogP) is 4.45. The molecule has 0 spiro atoms. The highest BCUT2D eigenvalue weighted by Crippen LogP contribution is 2.30. The lowest BCUT2D eigenvalue weighted by Crippen LogP contribution is -2.12. The number of halogens is 1. The fourth-order valence-electron chi connectivity index (χ4n) is 3.27. The third-order valence-corrected chi connectivity index (χ3v) is 4.61. The summed E-state index contributed by atoms with van der Waals surface area (Å²) in [5.41, 5.74) is 3.04. The quantitative estimate of drug-likeness (QED) is 0.539. The first kappa shape index (κ1) is 17.8. The minimum absolute atomic E-state index is 0.235. The monoisotopic (exact) mass is 378 g/mol. The van der Waals surface area contributed by atoms with E-state index in [9.17, 15) is 9.18 Å². The highest BCUT2D eigenvalue weighted by molar-refractivity contribution is 6.04. The van der Waals surface area contributed by atoms with E-state index in [2.05, 4.69) is 27.0 Å². The molecule has 2 aromatic carbocycles. The summed E-state index contributed by atoms with van der Waals surface area (Å²) in [6.45, 7) is 2.84. The van der Waals surface area contributed by atoms with Crippen molar-refractivity contribution in [3.63, 3.8) is 0 Å². The number of benzene rings is 2. The van der Waals surface area contributed by atoms with Crippen LogP contribution < -0.4 is 10.1 Å². The molecule has 2 N–H and O–H groups in total. The van der Waals surface area contributed by atoms with Crippen molar-refractivity contribution in [3.05, 3.63) is 66.0 Å². The second-order valence-electron chi connectivity index (χ2n) is 6.33. The Balaban J connectivity index is 1.64. The molecule has 0 saturated heterocycles. The number of nitrogens with one attached hydrogen (secondary N) is 2. The van der Waals surface area contributed by atoms with Crippen LogP contribution in [-0.2, 0) is 6.54 Å². The maximum absolute atomic E-state index is 13.3. The lowest BCUT2D eigenvalue weighted by molar-refractivity contribution is 0.102. The highest BCUT2D eigenvalue weighted by Gasteiger charge is 2.14. The van der Waals surface area contributed by atoms with Gasteiger partial charge in [-0.15, -0.1) is 0 Å². The molecule has 0 bridgehead atoms. The summed E-state index contributed by atoms with van der Waals surface area (Å²) in [5.74, 6) is 0.284. The first-order chi connectivity index (χ1) is 13.6. The molecule has 2 heterocycles. The van der Waals surface area contributed by atoms with E-state index in [1.54, 1.807) is 19.2 Å². The maximum Gasteiger partial charge on any atom is 0.256 e. The highest BCUT2D eigenvalue weighted by atomic mass is 19.1. The van der Waals surface area contributed by atoms with Crippen LogP contribution in [0.25, 0.3) is 22.3 Å². The standard InChI is InChI=1S/C21H19FN4O2/c1-3-26-18-8-7-16(28-2)10-14(18)11-19(26)17-12-20(25-24-17)23-21(27)13-5-4-6-15(22)9-13/h4-12H,3H2,1-2H3,(H2,23,24,25,27). The zero-order chi connectivity index (χ0) is 19.7. The minimum Gasteiger partial charge on any atom is -0.497 e.